The van der Waals surface area contributed by atoms with Crippen molar-refractivity contribution < 1.29 is 4.79 Å². The third kappa shape index (κ3) is 5.76. The number of benzene rings is 1. The molecule has 8 heteroatoms. The molecule has 3 rings (SSSR count). The lowest BCUT2D eigenvalue weighted by Crippen LogP contribution is -2.14. The fraction of sp³-hybridized carbons (Fsp3) is 0.400. The van der Waals surface area contributed by atoms with E-state index < -0.39 is 0 Å². The first-order valence-electron chi connectivity index (χ1n) is 7.34. The molecule has 2 aromatic rings. The lowest BCUT2D eigenvalue weighted by molar-refractivity contribution is -0.116. The molecule has 1 aromatic carbocycles. The van der Waals surface area contributed by atoms with Crippen molar-refractivity contribution in [1.82, 2.24) is 15.5 Å². The molecule has 1 atom stereocenters. The van der Waals surface area contributed by atoms with Gasteiger partial charge in [0, 0.05) is 17.0 Å². The highest BCUT2D eigenvalue weighted by atomic mass is 35.5. The molecule has 0 radical (unpaired) electrons. The Hall–Kier alpha value is -1.15. The molecular formula is C15H19ClN4OS2. The minimum Gasteiger partial charge on any atom is -0.326 e. The van der Waals surface area contributed by atoms with Crippen LogP contribution in [0.1, 0.15) is 19.3 Å². The molecule has 2 N–H and O–H groups in total. The van der Waals surface area contributed by atoms with Gasteiger partial charge in [-0.15, -0.1) is 22.6 Å². The van der Waals surface area contributed by atoms with E-state index in [1.165, 1.54) is 17.8 Å². The molecule has 5 nitrogen and oxygen atoms in total. The van der Waals surface area contributed by atoms with E-state index in [0.29, 0.717) is 12.3 Å². The maximum Gasteiger partial charge on any atom is 0.224 e. The van der Waals surface area contributed by atoms with Gasteiger partial charge >= 0.3 is 0 Å². The van der Waals surface area contributed by atoms with Crippen molar-refractivity contribution >= 4 is 47.1 Å². The average Bonchev–Trinajstić information content (AvgIpc) is 3.20. The van der Waals surface area contributed by atoms with Gasteiger partial charge in [-0.25, -0.2) is 0 Å². The maximum absolute atomic E-state index is 12.0. The summed E-state index contributed by atoms with van der Waals surface area (Å²) < 4.78 is 0.918. The second-order valence-electron chi connectivity index (χ2n) is 5.28. The molecule has 1 aromatic heterocycles. The van der Waals surface area contributed by atoms with Crippen molar-refractivity contribution in [2.24, 2.45) is 5.92 Å². The number of amides is 1. The molecule has 1 aliphatic rings. The zero-order chi connectivity index (χ0) is 15.2. The quantitative estimate of drug-likeness (QED) is 0.815. The highest BCUT2D eigenvalue weighted by molar-refractivity contribution is 8.01. The first kappa shape index (κ1) is 18.2. The number of nitrogens with one attached hydrogen (secondary N) is 2. The first-order valence-corrected chi connectivity index (χ1v) is 9.04. The van der Waals surface area contributed by atoms with Gasteiger partial charge in [0.1, 0.15) is 5.51 Å². The Balaban J connectivity index is 0.00000192. The second-order valence-corrected chi connectivity index (χ2v) is 7.43. The number of carbonyl (C=O) groups is 1. The minimum absolute atomic E-state index is 0. The number of rotatable bonds is 6. The van der Waals surface area contributed by atoms with Crippen LogP contribution < -0.4 is 10.6 Å². The summed E-state index contributed by atoms with van der Waals surface area (Å²) >= 11 is 3.09. The topological polar surface area (TPSA) is 66.9 Å². The Bertz CT molecular complexity index is 600. The highest BCUT2D eigenvalue weighted by Crippen LogP contribution is 2.29. The first-order chi connectivity index (χ1) is 10.8. The predicted octanol–water partition coefficient (Wildman–Crippen LogP) is 3.44. The van der Waals surface area contributed by atoms with E-state index in [4.69, 9.17) is 0 Å². The smallest absolute Gasteiger partial charge is 0.224 e. The SMILES string of the molecule is Cl.O=C(CCC1CCNC1)Nc1ccc(Sc2nncs2)cc1. The summed E-state index contributed by atoms with van der Waals surface area (Å²) in [5, 5.41) is 14.1. The molecule has 2 heterocycles. The zero-order valence-corrected chi connectivity index (χ0v) is 15.0. The molecule has 1 amide bonds. The largest absolute Gasteiger partial charge is 0.326 e. The maximum atomic E-state index is 12.0. The summed E-state index contributed by atoms with van der Waals surface area (Å²) in [5.74, 6) is 0.743. The summed E-state index contributed by atoms with van der Waals surface area (Å²) in [6.45, 7) is 2.13. The fourth-order valence-corrected chi connectivity index (χ4v) is 3.88. The van der Waals surface area contributed by atoms with E-state index >= 15 is 0 Å². The van der Waals surface area contributed by atoms with E-state index in [9.17, 15) is 4.79 Å². The average molecular weight is 371 g/mol. The molecule has 124 valence electrons. The van der Waals surface area contributed by atoms with E-state index in [0.717, 1.165) is 34.4 Å². The Morgan fingerprint density at radius 1 is 1.39 bits per heavy atom. The van der Waals surface area contributed by atoms with Crippen molar-refractivity contribution in [3.63, 3.8) is 0 Å². The summed E-state index contributed by atoms with van der Waals surface area (Å²) in [5.41, 5.74) is 2.56. The summed E-state index contributed by atoms with van der Waals surface area (Å²) in [6, 6.07) is 7.84. The molecule has 0 aliphatic carbocycles. The van der Waals surface area contributed by atoms with E-state index in [-0.39, 0.29) is 18.3 Å². The zero-order valence-electron chi connectivity index (χ0n) is 12.5. The van der Waals surface area contributed by atoms with Crippen molar-refractivity contribution in [1.29, 1.82) is 0 Å². The van der Waals surface area contributed by atoms with E-state index in [2.05, 4.69) is 20.8 Å². The summed E-state index contributed by atoms with van der Waals surface area (Å²) in [6.07, 6.45) is 2.74. The van der Waals surface area contributed by atoms with Crippen LogP contribution in [0.5, 0.6) is 0 Å². The van der Waals surface area contributed by atoms with Crippen LogP contribution in [0.3, 0.4) is 0 Å². The van der Waals surface area contributed by atoms with Crippen LogP contribution in [0.4, 0.5) is 5.69 Å². The Labute approximate surface area is 150 Å². The van der Waals surface area contributed by atoms with Gasteiger partial charge in [-0.2, -0.15) is 0 Å². The predicted molar refractivity (Wildman–Crippen MR) is 96.6 cm³/mol. The Morgan fingerprint density at radius 3 is 2.87 bits per heavy atom. The van der Waals surface area contributed by atoms with Crippen LogP contribution in [0.25, 0.3) is 0 Å². The third-order valence-corrected chi connectivity index (χ3v) is 5.41. The number of anilines is 1. The number of hydrogen-bond acceptors (Lipinski definition) is 6. The normalized spacial score (nSPS) is 16.8. The number of nitrogens with zero attached hydrogens (tertiary/aromatic N) is 2. The fourth-order valence-electron chi connectivity index (χ4n) is 2.43. The van der Waals surface area contributed by atoms with Crippen molar-refractivity contribution in [2.75, 3.05) is 18.4 Å². The number of aromatic nitrogens is 2. The monoisotopic (exact) mass is 370 g/mol. The summed E-state index contributed by atoms with van der Waals surface area (Å²) in [7, 11) is 0. The van der Waals surface area contributed by atoms with Crippen LogP contribution >= 0.6 is 35.5 Å². The Morgan fingerprint density at radius 2 is 2.22 bits per heavy atom. The van der Waals surface area contributed by atoms with Crippen molar-refractivity contribution in [3.05, 3.63) is 29.8 Å². The molecule has 0 spiro atoms. The molecular weight excluding hydrogens is 352 g/mol. The molecule has 1 unspecified atom stereocenters. The Kier molecular flexibility index (Phi) is 7.29. The van der Waals surface area contributed by atoms with Gasteiger partial charge in [0.25, 0.3) is 0 Å². The lowest BCUT2D eigenvalue weighted by Gasteiger charge is -2.09. The molecule has 0 bridgehead atoms. The second kappa shape index (κ2) is 9.22. The molecule has 1 saturated heterocycles. The van der Waals surface area contributed by atoms with Crippen molar-refractivity contribution in [2.45, 2.75) is 28.5 Å². The summed E-state index contributed by atoms with van der Waals surface area (Å²) in [4.78, 5) is 13.0. The number of carbonyl (C=O) groups excluding carboxylic acids is 1. The van der Waals surface area contributed by atoms with Gasteiger partial charge in [-0.1, -0.05) is 23.1 Å². The molecule has 1 fully saturated rings. The van der Waals surface area contributed by atoms with E-state index in [1.54, 1.807) is 17.3 Å². The molecule has 0 saturated carbocycles. The number of halogens is 1. The lowest BCUT2D eigenvalue weighted by atomic mass is 10.0. The van der Waals surface area contributed by atoms with Gasteiger partial charge in [0.2, 0.25) is 5.91 Å². The van der Waals surface area contributed by atoms with Gasteiger partial charge in [0.05, 0.1) is 0 Å². The minimum atomic E-state index is 0. The molecule has 1 aliphatic heterocycles. The third-order valence-electron chi connectivity index (χ3n) is 3.63. The highest BCUT2D eigenvalue weighted by Gasteiger charge is 2.15. The van der Waals surface area contributed by atoms with Crippen LogP contribution in [0, 0.1) is 5.92 Å². The van der Waals surface area contributed by atoms with Crippen LogP contribution in [0.2, 0.25) is 0 Å². The van der Waals surface area contributed by atoms with Gasteiger partial charge in [-0.3, -0.25) is 4.79 Å². The van der Waals surface area contributed by atoms with E-state index in [1.807, 2.05) is 24.3 Å². The standard InChI is InChI=1S/C15H18N4OS2.ClH/c20-14(6-1-11-7-8-16-9-11)18-12-2-4-13(5-3-12)22-15-19-17-10-21-15;/h2-5,10-11,16H,1,6-9H2,(H,18,20);1H. The van der Waals surface area contributed by atoms with Gasteiger partial charge in [0.15, 0.2) is 4.34 Å². The van der Waals surface area contributed by atoms with Crippen LogP contribution in [-0.4, -0.2) is 29.2 Å². The van der Waals surface area contributed by atoms with Gasteiger partial charge < -0.3 is 10.6 Å². The molecule has 23 heavy (non-hydrogen) atoms. The van der Waals surface area contributed by atoms with Gasteiger partial charge in [-0.05, 0) is 56.1 Å². The van der Waals surface area contributed by atoms with Crippen molar-refractivity contribution in [3.8, 4) is 0 Å². The van der Waals surface area contributed by atoms with Crippen LogP contribution in [-0.2, 0) is 4.79 Å². The number of hydrogen-bond donors (Lipinski definition) is 2. The van der Waals surface area contributed by atoms with Crippen LogP contribution in [0.15, 0.2) is 39.0 Å².